The summed E-state index contributed by atoms with van der Waals surface area (Å²) < 4.78 is 13.4. The van der Waals surface area contributed by atoms with Crippen molar-refractivity contribution < 1.29 is 14.3 Å². The zero-order chi connectivity index (χ0) is 28.4. The molecule has 0 amide bonds. The minimum atomic E-state index is -0.680. The van der Waals surface area contributed by atoms with Gasteiger partial charge < -0.3 is 9.47 Å². The summed E-state index contributed by atoms with van der Waals surface area (Å²) in [6.07, 6.45) is 1.72. The predicted molar refractivity (Wildman–Crippen MR) is 159 cm³/mol. The Morgan fingerprint density at radius 1 is 1.05 bits per heavy atom. The number of carbonyl (C=O) groups excluding carboxylic acids is 1. The number of nitrogens with zero attached hydrogens (tertiary/aromatic N) is 2. The Labute approximate surface area is 249 Å². The van der Waals surface area contributed by atoms with E-state index >= 15 is 0 Å². The number of fused-ring (bicyclic) bond motifs is 1. The lowest BCUT2D eigenvalue weighted by Gasteiger charge is -2.24. The SMILES string of the molecule is CCOC(=O)C1=C(C)N=c2s/c(=C\c3cc(Cl)ccc3OCc3ccc(Cl)cc3Cl)c(=O)n2[C@H]1c1ccccc1. The minimum Gasteiger partial charge on any atom is -0.488 e. The first-order chi connectivity index (χ1) is 19.3. The van der Waals surface area contributed by atoms with E-state index < -0.39 is 12.0 Å². The zero-order valence-electron chi connectivity index (χ0n) is 21.5. The summed E-state index contributed by atoms with van der Waals surface area (Å²) in [5.41, 5.74) is 2.69. The Hall–Kier alpha value is -3.36. The molecule has 10 heteroatoms. The van der Waals surface area contributed by atoms with Gasteiger partial charge in [0.15, 0.2) is 4.80 Å². The van der Waals surface area contributed by atoms with E-state index in [1.807, 2.05) is 30.3 Å². The summed E-state index contributed by atoms with van der Waals surface area (Å²) in [6.45, 7) is 3.90. The summed E-state index contributed by atoms with van der Waals surface area (Å²) in [5, 5.41) is 1.51. The maximum absolute atomic E-state index is 13.9. The fourth-order valence-corrected chi connectivity index (χ4v) is 6.12. The highest BCUT2D eigenvalue weighted by Crippen LogP contribution is 2.31. The number of hydrogen-bond acceptors (Lipinski definition) is 6. The standard InChI is InChI=1S/C30H23Cl3N2O4S/c1-3-38-29(37)26-17(2)34-30-35(27(26)18-7-5-4-6-8-18)28(36)25(40-30)14-20-13-21(31)11-12-24(20)39-16-19-9-10-22(32)15-23(19)33/h4-15,27H,3,16H2,1-2H3/b25-14-/t27-/m0/s1. The smallest absolute Gasteiger partial charge is 0.338 e. The summed E-state index contributed by atoms with van der Waals surface area (Å²) in [7, 11) is 0. The van der Waals surface area contributed by atoms with Gasteiger partial charge in [-0.1, -0.05) is 82.5 Å². The maximum Gasteiger partial charge on any atom is 0.338 e. The van der Waals surface area contributed by atoms with Crippen LogP contribution in [0.25, 0.3) is 6.08 Å². The van der Waals surface area contributed by atoms with Gasteiger partial charge in [-0.05, 0) is 55.8 Å². The maximum atomic E-state index is 13.9. The molecule has 1 atom stereocenters. The molecule has 1 aromatic heterocycles. The number of hydrogen-bond donors (Lipinski definition) is 0. The van der Waals surface area contributed by atoms with Gasteiger partial charge in [0.1, 0.15) is 12.4 Å². The number of allylic oxidation sites excluding steroid dienone is 1. The van der Waals surface area contributed by atoms with Gasteiger partial charge in [-0.3, -0.25) is 9.36 Å². The molecule has 1 aliphatic rings. The second kappa shape index (κ2) is 12.0. The lowest BCUT2D eigenvalue weighted by molar-refractivity contribution is -0.139. The number of esters is 1. The zero-order valence-corrected chi connectivity index (χ0v) is 24.6. The monoisotopic (exact) mass is 612 g/mol. The van der Waals surface area contributed by atoms with E-state index in [0.717, 1.165) is 11.1 Å². The Balaban J connectivity index is 1.60. The van der Waals surface area contributed by atoms with E-state index in [0.29, 0.717) is 47.0 Å². The van der Waals surface area contributed by atoms with Crippen LogP contribution in [0.15, 0.2) is 87.8 Å². The number of carbonyl (C=O) groups is 1. The molecule has 204 valence electrons. The second-order valence-electron chi connectivity index (χ2n) is 8.92. The highest BCUT2D eigenvalue weighted by Gasteiger charge is 2.33. The number of rotatable bonds is 7. The molecule has 0 radical (unpaired) electrons. The van der Waals surface area contributed by atoms with Gasteiger partial charge in [-0.25, -0.2) is 9.79 Å². The number of benzene rings is 3. The van der Waals surface area contributed by atoms with Crippen LogP contribution in [0.2, 0.25) is 15.1 Å². The van der Waals surface area contributed by atoms with E-state index in [1.165, 1.54) is 11.3 Å². The molecule has 0 unspecified atom stereocenters. The van der Waals surface area contributed by atoms with E-state index in [1.54, 1.807) is 60.9 Å². The molecule has 0 saturated carbocycles. The van der Waals surface area contributed by atoms with Gasteiger partial charge >= 0.3 is 5.97 Å². The number of ether oxygens (including phenoxy) is 2. The van der Waals surface area contributed by atoms with Gasteiger partial charge in [-0.2, -0.15) is 0 Å². The molecule has 0 spiro atoms. The highest BCUT2D eigenvalue weighted by molar-refractivity contribution is 7.07. The Kier molecular flexibility index (Phi) is 8.47. The van der Waals surface area contributed by atoms with E-state index in [4.69, 9.17) is 44.3 Å². The molecule has 0 bridgehead atoms. The van der Waals surface area contributed by atoms with E-state index in [2.05, 4.69) is 4.99 Å². The average Bonchev–Trinajstić information content (AvgIpc) is 3.23. The quantitative estimate of drug-likeness (QED) is 0.228. The average molecular weight is 614 g/mol. The molecule has 5 rings (SSSR count). The molecule has 0 saturated heterocycles. The lowest BCUT2D eigenvalue weighted by atomic mass is 9.96. The van der Waals surface area contributed by atoms with Crippen LogP contribution in [0.5, 0.6) is 5.75 Å². The summed E-state index contributed by atoms with van der Waals surface area (Å²) >= 11 is 19.9. The lowest BCUT2D eigenvalue weighted by Crippen LogP contribution is -2.39. The van der Waals surface area contributed by atoms with Crippen molar-refractivity contribution in [3.63, 3.8) is 0 Å². The largest absolute Gasteiger partial charge is 0.488 e. The fraction of sp³-hybridized carbons (Fsp3) is 0.167. The summed E-state index contributed by atoms with van der Waals surface area (Å²) in [5.74, 6) is 0.0162. The van der Waals surface area contributed by atoms with Crippen LogP contribution in [-0.2, 0) is 16.1 Å². The molecule has 4 aromatic rings. The molecule has 3 aromatic carbocycles. The fourth-order valence-electron chi connectivity index (χ4n) is 4.44. The van der Waals surface area contributed by atoms with Crippen molar-refractivity contribution in [3.8, 4) is 5.75 Å². The first-order valence-corrected chi connectivity index (χ1v) is 14.3. The number of halogens is 3. The summed E-state index contributed by atoms with van der Waals surface area (Å²) in [4.78, 5) is 32.0. The third-order valence-corrected chi connectivity index (χ3v) is 8.09. The first kappa shape index (κ1) is 28.2. The Morgan fingerprint density at radius 3 is 2.50 bits per heavy atom. The van der Waals surface area contributed by atoms with Crippen LogP contribution in [-0.4, -0.2) is 17.1 Å². The van der Waals surface area contributed by atoms with Crippen molar-refractivity contribution in [3.05, 3.63) is 129 Å². The third-order valence-electron chi connectivity index (χ3n) is 6.29. The van der Waals surface area contributed by atoms with Crippen LogP contribution in [0.1, 0.15) is 36.6 Å². The van der Waals surface area contributed by atoms with Crippen molar-refractivity contribution in [1.82, 2.24) is 4.57 Å². The first-order valence-electron chi connectivity index (χ1n) is 12.4. The normalized spacial score (nSPS) is 15.0. The van der Waals surface area contributed by atoms with Gasteiger partial charge in [0, 0.05) is 26.2 Å². The van der Waals surface area contributed by atoms with Crippen molar-refractivity contribution in [2.45, 2.75) is 26.5 Å². The van der Waals surface area contributed by atoms with E-state index in [9.17, 15) is 9.59 Å². The molecule has 0 aliphatic carbocycles. The molecule has 1 aliphatic heterocycles. The van der Waals surface area contributed by atoms with Gasteiger partial charge in [0.25, 0.3) is 5.56 Å². The second-order valence-corrected chi connectivity index (χ2v) is 11.2. The summed E-state index contributed by atoms with van der Waals surface area (Å²) in [6, 6.07) is 19.1. The van der Waals surface area contributed by atoms with Crippen molar-refractivity contribution in [2.75, 3.05) is 6.61 Å². The van der Waals surface area contributed by atoms with Crippen molar-refractivity contribution in [1.29, 1.82) is 0 Å². The van der Waals surface area contributed by atoms with Gasteiger partial charge in [0.2, 0.25) is 0 Å². The number of thiazole rings is 1. The molecule has 0 N–H and O–H groups in total. The van der Waals surface area contributed by atoms with E-state index in [-0.39, 0.29) is 18.8 Å². The predicted octanol–water partition coefficient (Wildman–Crippen LogP) is 6.34. The van der Waals surface area contributed by atoms with Crippen LogP contribution in [0, 0.1) is 0 Å². The molecule has 40 heavy (non-hydrogen) atoms. The van der Waals surface area contributed by atoms with Crippen LogP contribution < -0.4 is 19.6 Å². The van der Waals surface area contributed by atoms with Crippen molar-refractivity contribution in [2.24, 2.45) is 4.99 Å². The van der Waals surface area contributed by atoms with Crippen LogP contribution >= 0.6 is 46.1 Å². The topological polar surface area (TPSA) is 69.9 Å². The Morgan fingerprint density at radius 2 is 1.77 bits per heavy atom. The molecule has 2 heterocycles. The molecular weight excluding hydrogens is 591 g/mol. The Bertz CT molecular complexity index is 1810. The molecule has 6 nitrogen and oxygen atoms in total. The van der Waals surface area contributed by atoms with Gasteiger partial charge in [-0.15, -0.1) is 0 Å². The third kappa shape index (κ3) is 5.74. The minimum absolute atomic E-state index is 0.190. The van der Waals surface area contributed by atoms with Gasteiger partial charge in [0.05, 0.1) is 28.5 Å². The highest BCUT2D eigenvalue weighted by atomic mass is 35.5. The molecule has 0 fully saturated rings. The van der Waals surface area contributed by atoms with Crippen LogP contribution in [0.4, 0.5) is 0 Å². The van der Waals surface area contributed by atoms with Crippen molar-refractivity contribution >= 4 is 58.2 Å². The molecular formula is C30H23Cl3N2O4S. The number of aromatic nitrogens is 1. The van der Waals surface area contributed by atoms with Crippen LogP contribution in [0.3, 0.4) is 0 Å².